The molecule has 202 valence electrons. The molecular weight excluding hydrogens is 488 g/mol. The molecule has 2 fully saturated rings. The molecule has 0 aromatic rings. The van der Waals surface area contributed by atoms with E-state index in [4.69, 9.17) is 24.1 Å². The van der Waals surface area contributed by atoms with Crippen LogP contribution in [0.2, 0.25) is 0 Å². The van der Waals surface area contributed by atoms with Crippen LogP contribution in [-0.4, -0.2) is 155 Å². The Morgan fingerprint density at radius 3 is 1.77 bits per heavy atom. The van der Waals surface area contributed by atoms with Crippen molar-refractivity contribution >= 4 is 18.2 Å². The van der Waals surface area contributed by atoms with Crippen molar-refractivity contribution in [2.45, 2.75) is 92.8 Å². The molecule has 0 aliphatic carbocycles. The molecule has 17 heteroatoms. The zero-order chi connectivity index (χ0) is 26.8. The average Bonchev–Trinajstić information content (AvgIpc) is 2.79. The predicted molar refractivity (Wildman–Crippen MR) is 102 cm³/mol. The van der Waals surface area contributed by atoms with Gasteiger partial charge >= 0.3 is 11.9 Å². The van der Waals surface area contributed by atoms with Crippen molar-refractivity contribution in [2.75, 3.05) is 0 Å². The molecule has 0 amide bonds. The molecule has 14 atom stereocenters. The zero-order valence-corrected chi connectivity index (χ0v) is 18.0. The normalized spacial score (nSPS) is 41.4. The van der Waals surface area contributed by atoms with E-state index in [0.717, 1.165) is 6.92 Å². The molecule has 35 heavy (non-hydrogen) atoms. The van der Waals surface area contributed by atoms with E-state index in [-0.39, 0.29) is 6.29 Å². The van der Waals surface area contributed by atoms with E-state index < -0.39 is 97.8 Å². The summed E-state index contributed by atoms with van der Waals surface area (Å²) in [6.45, 7) is 1.08. The van der Waals surface area contributed by atoms with Crippen molar-refractivity contribution in [1.82, 2.24) is 0 Å². The number of rotatable bonds is 10. The van der Waals surface area contributed by atoms with Crippen LogP contribution in [-0.2, 0) is 33.3 Å². The van der Waals surface area contributed by atoms with E-state index in [1.807, 2.05) is 0 Å². The van der Waals surface area contributed by atoms with Gasteiger partial charge in [0.2, 0.25) is 0 Å². The third kappa shape index (κ3) is 6.28. The highest BCUT2D eigenvalue weighted by Gasteiger charge is 2.54. The number of aliphatic hydroxyl groups excluding tert-OH is 8. The van der Waals surface area contributed by atoms with Gasteiger partial charge in [0.05, 0.1) is 6.10 Å². The van der Waals surface area contributed by atoms with Crippen molar-refractivity contribution in [3.63, 3.8) is 0 Å². The number of aliphatic carboxylic acids is 2. The minimum atomic E-state index is -2.22. The van der Waals surface area contributed by atoms with Crippen LogP contribution in [0.15, 0.2) is 0 Å². The van der Waals surface area contributed by atoms with Crippen LogP contribution in [0, 0.1) is 0 Å². The Bertz CT molecular complexity index is 747. The quantitative estimate of drug-likeness (QED) is 0.121. The minimum Gasteiger partial charge on any atom is -0.479 e. The lowest BCUT2D eigenvalue weighted by atomic mass is 9.96. The van der Waals surface area contributed by atoms with Crippen molar-refractivity contribution in [3.8, 4) is 0 Å². The number of ether oxygens (including phenoxy) is 4. The van der Waals surface area contributed by atoms with Gasteiger partial charge in [0, 0.05) is 0 Å². The molecule has 0 aromatic heterocycles. The van der Waals surface area contributed by atoms with Crippen molar-refractivity contribution in [3.05, 3.63) is 0 Å². The maximum absolute atomic E-state index is 11.7. The molecule has 2 rings (SSSR count). The summed E-state index contributed by atoms with van der Waals surface area (Å²) >= 11 is 0. The van der Waals surface area contributed by atoms with Crippen LogP contribution in [0.3, 0.4) is 0 Å². The van der Waals surface area contributed by atoms with Gasteiger partial charge in [-0.1, -0.05) is 0 Å². The first-order chi connectivity index (χ1) is 16.2. The van der Waals surface area contributed by atoms with Crippen molar-refractivity contribution in [1.29, 1.82) is 0 Å². The molecule has 14 unspecified atom stereocenters. The summed E-state index contributed by atoms with van der Waals surface area (Å²) in [5.41, 5.74) is 0. The predicted octanol–water partition coefficient (Wildman–Crippen LogP) is -6.52. The molecule has 2 saturated heterocycles. The number of hydrogen-bond donors (Lipinski definition) is 10. The van der Waals surface area contributed by atoms with Gasteiger partial charge < -0.3 is 74.8 Å². The molecule has 0 bridgehead atoms. The monoisotopic (exact) mass is 516 g/mol. The summed E-state index contributed by atoms with van der Waals surface area (Å²) in [4.78, 5) is 34.3. The SMILES string of the molecule is CC(O)C(O)C(O)C(C=O)OC1OC(C(=O)O)C(OC2OC(C(=O)O)C(O)C(O)C2O)C(O)C1O. The van der Waals surface area contributed by atoms with Gasteiger partial charge in [0.1, 0.15) is 54.9 Å². The average molecular weight is 516 g/mol. The highest BCUT2D eigenvalue weighted by atomic mass is 16.7. The molecule has 0 radical (unpaired) electrons. The van der Waals surface area contributed by atoms with E-state index in [1.54, 1.807) is 0 Å². The Hall–Kier alpha value is -1.87. The molecule has 2 aliphatic heterocycles. The second-order valence-corrected chi connectivity index (χ2v) is 8.04. The topological polar surface area (TPSA) is 290 Å². The van der Waals surface area contributed by atoms with E-state index in [9.17, 15) is 60.3 Å². The van der Waals surface area contributed by atoms with Gasteiger partial charge in [-0.05, 0) is 6.92 Å². The van der Waals surface area contributed by atoms with E-state index in [0.29, 0.717) is 0 Å². The molecule has 0 aromatic carbocycles. The fraction of sp³-hybridized carbons (Fsp3) is 0.833. The number of carboxylic acids is 2. The third-order valence-corrected chi connectivity index (χ3v) is 5.50. The summed E-state index contributed by atoms with van der Waals surface area (Å²) in [5.74, 6) is -3.60. The second kappa shape index (κ2) is 11.9. The Morgan fingerprint density at radius 2 is 1.29 bits per heavy atom. The Morgan fingerprint density at radius 1 is 0.771 bits per heavy atom. The highest BCUT2D eigenvalue weighted by molar-refractivity contribution is 5.74. The van der Waals surface area contributed by atoms with Gasteiger partial charge in [-0.3, -0.25) is 0 Å². The largest absolute Gasteiger partial charge is 0.479 e. The number of carboxylic acid groups (broad SMARTS) is 2. The van der Waals surface area contributed by atoms with Crippen LogP contribution in [0.1, 0.15) is 6.92 Å². The van der Waals surface area contributed by atoms with Gasteiger partial charge in [0.15, 0.2) is 31.1 Å². The number of carbonyl (C=O) groups is 3. The maximum Gasteiger partial charge on any atom is 0.335 e. The molecule has 2 aliphatic rings. The first kappa shape index (κ1) is 29.4. The van der Waals surface area contributed by atoms with Crippen molar-refractivity contribution < 1.29 is 84.4 Å². The van der Waals surface area contributed by atoms with Crippen molar-refractivity contribution in [2.24, 2.45) is 0 Å². The Balaban J connectivity index is 2.22. The smallest absolute Gasteiger partial charge is 0.335 e. The molecular formula is C18H28O17. The molecule has 2 heterocycles. The summed E-state index contributed by atoms with van der Waals surface area (Å²) < 4.78 is 20.0. The molecule has 0 spiro atoms. The lowest BCUT2D eigenvalue weighted by molar-refractivity contribution is -0.354. The minimum absolute atomic E-state index is 0.0396. The van der Waals surface area contributed by atoms with E-state index in [2.05, 4.69) is 0 Å². The van der Waals surface area contributed by atoms with Gasteiger partial charge in [-0.25, -0.2) is 9.59 Å². The fourth-order valence-corrected chi connectivity index (χ4v) is 3.45. The summed E-state index contributed by atoms with van der Waals surface area (Å²) in [7, 11) is 0. The molecule has 17 nitrogen and oxygen atoms in total. The van der Waals surface area contributed by atoms with Gasteiger partial charge in [-0.15, -0.1) is 0 Å². The number of aliphatic hydroxyl groups is 8. The molecule has 0 saturated carbocycles. The van der Waals surface area contributed by atoms with Crippen LogP contribution in [0.4, 0.5) is 0 Å². The van der Waals surface area contributed by atoms with E-state index >= 15 is 0 Å². The standard InChI is InChI=1S/C18H28O17/c1-3(20)5(21)6(22)4(2-19)32-17-11(27)9(25)12(14(35-17)16(30)31)33-18-10(26)7(23)8(24)13(34-18)15(28)29/h2-14,17-18,20-27H,1H3,(H,28,29)(H,30,31). The summed E-state index contributed by atoms with van der Waals surface area (Å²) in [6, 6.07) is 0. The lowest BCUT2D eigenvalue weighted by Crippen LogP contribution is -2.66. The van der Waals surface area contributed by atoms with E-state index in [1.165, 1.54) is 0 Å². The van der Waals surface area contributed by atoms with Crippen LogP contribution < -0.4 is 0 Å². The fourth-order valence-electron chi connectivity index (χ4n) is 3.45. The highest BCUT2D eigenvalue weighted by Crippen LogP contribution is 2.30. The van der Waals surface area contributed by atoms with Crippen LogP contribution in [0.25, 0.3) is 0 Å². The first-order valence-electron chi connectivity index (χ1n) is 10.2. The zero-order valence-electron chi connectivity index (χ0n) is 18.0. The first-order valence-corrected chi connectivity index (χ1v) is 10.2. The van der Waals surface area contributed by atoms with Gasteiger partial charge in [-0.2, -0.15) is 0 Å². The Labute approximate surface area is 196 Å². The number of hydrogen-bond acceptors (Lipinski definition) is 15. The Kier molecular flexibility index (Phi) is 9.99. The number of aldehydes is 1. The van der Waals surface area contributed by atoms with Gasteiger partial charge in [0.25, 0.3) is 0 Å². The number of carbonyl (C=O) groups excluding carboxylic acids is 1. The van der Waals surface area contributed by atoms with Crippen LogP contribution >= 0.6 is 0 Å². The molecule has 10 N–H and O–H groups in total. The third-order valence-electron chi connectivity index (χ3n) is 5.50. The summed E-state index contributed by atoms with van der Waals surface area (Å²) in [6.07, 6.45) is -28.8. The van der Waals surface area contributed by atoms with Crippen LogP contribution in [0.5, 0.6) is 0 Å². The second-order valence-electron chi connectivity index (χ2n) is 8.04. The lowest BCUT2D eigenvalue weighted by Gasteiger charge is -2.45. The maximum atomic E-state index is 11.7. The summed E-state index contributed by atoms with van der Waals surface area (Å²) in [5, 5.41) is 98.1.